The van der Waals surface area contributed by atoms with Gasteiger partial charge in [-0.2, -0.15) is 0 Å². The van der Waals surface area contributed by atoms with Crippen molar-refractivity contribution >= 4 is 50.4 Å². The number of aromatic nitrogens is 2. The number of benzene rings is 2. The fraction of sp³-hybridized carbons (Fsp3) is 0.150. The Hall–Kier alpha value is -3.53. The zero-order valence-corrected chi connectivity index (χ0v) is 17.2. The molecule has 9 nitrogen and oxygen atoms in total. The molecule has 3 aromatic rings. The number of hydrogen-bond acceptors (Lipinski definition) is 5. The van der Waals surface area contributed by atoms with Gasteiger partial charge in [0.25, 0.3) is 5.56 Å². The van der Waals surface area contributed by atoms with E-state index < -0.39 is 11.9 Å². The van der Waals surface area contributed by atoms with Crippen LogP contribution in [0.3, 0.4) is 0 Å². The van der Waals surface area contributed by atoms with Crippen LogP contribution in [-0.2, 0) is 22.7 Å². The maximum atomic E-state index is 12.6. The van der Waals surface area contributed by atoms with E-state index in [1.54, 1.807) is 42.5 Å². The van der Waals surface area contributed by atoms with Gasteiger partial charge in [-0.25, -0.2) is 9.78 Å². The number of nitrogens with one attached hydrogen (secondary N) is 2. The number of urea groups is 1. The number of halogens is 1. The molecule has 4 amide bonds. The number of anilines is 1. The Bertz CT molecular complexity index is 1220. The fourth-order valence-corrected chi connectivity index (χ4v) is 3.51. The second-order valence-corrected chi connectivity index (χ2v) is 7.64. The molecule has 4 rings (SSSR count). The average molecular weight is 470 g/mol. The number of fused-ring (bicyclic) bond motifs is 1. The molecule has 0 unspecified atom stereocenters. The smallest absolute Gasteiger partial charge is 0.324 e. The molecular weight excluding hydrogens is 454 g/mol. The van der Waals surface area contributed by atoms with Gasteiger partial charge in [-0.3, -0.25) is 23.9 Å². The third kappa shape index (κ3) is 4.08. The summed E-state index contributed by atoms with van der Waals surface area (Å²) in [5, 5.41) is 5.60. The van der Waals surface area contributed by atoms with Gasteiger partial charge in [0.1, 0.15) is 6.54 Å². The van der Waals surface area contributed by atoms with Gasteiger partial charge in [-0.15, -0.1) is 0 Å². The van der Waals surface area contributed by atoms with Gasteiger partial charge >= 0.3 is 6.03 Å². The van der Waals surface area contributed by atoms with Crippen LogP contribution in [0, 0.1) is 0 Å². The highest BCUT2D eigenvalue weighted by Crippen LogP contribution is 2.16. The van der Waals surface area contributed by atoms with Crippen molar-refractivity contribution in [3.63, 3.8) is 0 Å². The van der Waals surface area contributed by atoms with Crippen molar-refractivity contribution in [2.75, 3.05) is 11.9 Å². The minimum Gasteiger partial charge on any atom is -0.329 e. The normalized spacial score (nSPS) is 13.6. The molecule has 0 bridgehead atoms. The van der Waals surface area contributed by atoms with Crippen LogP contribution in [-0.4, -0.2) is 38.8 Å². The maximum Gasteiger partial charge on any atom is 0.324 e. The van der Waals surface area contributed by atoms with E-state index in [2.05, 4.69) is 31.5 Å². The minimum atomic E-state index is -0.441. The standard InChI is InChI=1S/C20H16BrN5O4/c21-13-4-5-16-15(7-13)19(29)25(11-23-16)10-17(27)24-14-3-1-2-12(6-14)9-26-18(28)8-22-20(26)30/h1-7,11H,8-10H2,(H,22,30)(H,24,27). The zero-order valence-electron chi connectivity index (χ0n) is 15.6. The van der Waals surface area contributed by atoms with Gasteiger partial charge in [0.15, 0.2) is 0 Å². The van der Waals surface area contributed by atoms with E-state index in [1.807, 2.05) is 0 Å². The molecule has 1 aromatic heterocycles. The lowest BCUT2D eigenvalue weighted by Crippen LogP contribution is -2.30. The Balaban J connectivity index is 1.47. The van der Waals surface area contributed by atoms with Crippen LogP contribution < -0.4 is 16.2 Å². The van der Waals surface area contributed by atoms with Gasteiger partial charge in [0, 0.05) is 10.2 Å². The molecule has 2 N–H and O–H groups in total. The molecule has 0 radical (unpaired) electrons. The maximum absolute atomic E-state index is 12.6. The highest BCUT2D eigenvalue weighted by Gasteiger charge is 2.28. The van der Waals surface area contributed by atoms with Gasteiger partial charge in [-0.1, -0.05) is 28.1 Å². The molecule has 1 aliphatic heterocycles. The number of carbonyl (C=O) groups excluding carboxylic acids is 3. The van der Waals surface area contributed by atoms with Gasteiger partial charge in [0.05, 0.1) is 30.3 Å². The SMILES string of the molecule is O=C(Cn1cnc2ccc(Br)cc2c1=O)Nc1cccc(CN2C(=O)CNC2=O)c1. The average Bonchev–Trinajstić information content (AvgIpc) is 3.03. The number of carbonyl (C=O) groups is 3. The fourth-order valence-electron chi connectivity index (χ4n) is 3.14. The number of nitrogens with zero attached hydrogens (tertiary/aromatic N) is 3. The summed E-state index contributed by atoms with van der Waals surface area (Å²) >= 11 is 3.33. The largest absolute Gasteiger partial charge is 0.329 e. The monoisotopic (exact) mass is 469 g/mol. The van der Waals surface area contributed by atoms with E-state index in [0.717, 1.165) is 9.37 Å². The van der Waals surface area contributed by atoms with Crippen molar-refractivity contribution in [3.05, 3.63) is 69.2 Å². The summed E-state index contributed by atoms with van der Waals surface area (Å²) in [4.78, 5) is 53.8. The lowest BCUT2D eigenvalue weighted by molar-refractivity contribution is -0.125. The Morgan fingerprint density at radius 2 is 2.00 bits per heavy atom. The molecule has 0 atom stereocenters. The first-order valence-corrected chi connectivity index (χ1v) is 9.82. The molecule has 0 saturated carbocycles. The lowest BCUT2D eigenvalue weighted by Gasteiger charge is -2.13. The summed E-state index contributed by atoms with van der Waals surface area (Å²) in [6.07, 6.45) is 1.34. The summed E-state index contributed by atoms with van der Waals surface area (Å²) in [5.41, 5.74) is 1.42. The van der Waals surface area contributed by atoms with Crippen LogP contribution >= 0.6 is 15.9 Å². The number of amides is 4. The van der Waals surface area contributed by atoms with Crippen LogP contribution in [0.15, 0.2) is 58.1 Å². The van der Waals surface area contributed by atoms with Crippen molar-refractivity contribution in [1.82, 2.24) is 19.8 Å². The van der Waals surface area contributed by atoms with Crippen molar-refractivity contribution in [2.24, 2.45) is 0 Å². The Morgan fingerprint density at radius 3 is 2.77 bits per heavy atom. The van der Waals surface area contributed by atoms with Crippen LogP contribution in [0.1, 0.15) is 5.56 Å². The summed E-state index contributed by atoms with van der Waals surface area (Å²) < 4.78 is 1.99. The first kappa shape index (κ1) is 19.8. The van der Waals surface area contributed by atoms with Crippen molar-refractivity contribution in [3.8, 4) is 0 Å². The molecule has 152 valence electrons. The second kappa shape index (κ2) is 8.07. The third-order valence-corrected chi connectivity index (χ3v) is 5.08. The highest BCUT2D eigenvalue weighted by molar-refractivity contribution is 9.10. The van der Waals surface area contributed by atoms with Gasteiger partial charge in [-0.05, 0) is 35.9 Å². The van der Waals surface area contributed by atoms with Crippen molar-refractivity contribution < 1.29 is 14.4 Å². The van der Waals surface area contributed by atoms with E-state index in [4.69, 9.17) is 0 Å². The van der Waals surface area contributed by atoms with Crippen LogP contribution in [0.4, 0.5) is 10.5 Å². The molecule has 0 aliphatic carbocycles. The quantitative estimate of drug-likeness (QED) is 0.553. The third-order valence-electron chi connectivity index (χ3n) is 4.59. The first-order chi connectivity index (χ1) is 14.4. The first-order valence-electron chi connectivity index (χ1n) is 9.02. The predicted molar refractivity (Wildman–Crippen MR) is 113 cm³/mol. The molecule has 10 heteroatoms. The summed E-state index contributed by atoms with van der Waals surface area (Å²) in [6, 6.07) is 11.6. The van der Waals surface area contributed by atoms with Crippen LogP contribution in [0.2, 0.25) is 0 Å². The topological polar surface area (TPSA) is 113 Å². The number of imide groups is 1. The van der Waals surface area contributed by atoms with E-state index in [9.17, 15) is 19.2 Å². The Kier molecular flexibility index (Phi) is 5.32. The summed E-state index contributed by atoms with van der Waals surface area (Å²) in [7, 11) is 0. The Labute approximate surface area is 178 Å². The Morgan fingerprint density at radius 1 is 1.17 bits per heavy atom. The van der Waals surface area contributed by atoms with Crippen molar-refractivity contribution in [2.45, 2.75) is 13.1 Å². The zero-order chi connectivity index (χ0) is 21.3. The molecular formula is C20H16BrN5O4. The number of hydrogen-bond donors (Lipinski definition) is 2. The van der Waals surface area contributed by atoms with Gasteiger partial charge in [0.2, 0.25) is 11.8 Å². The lowest BCUT2D eigenvalue weighted by atomic mass is 10.2. The molecule has 30 heavy (non-hydrogen) atoms. The van der Waals surface area contributed by atoms with Crippen LogP contribution in [0.5, 0.6) is 0 Å². The summed E-state index contributed by atoms with van der Waals surface area (Å²) in [6.45, 7) is -0.108. The number of rotatable bonds is 5. The van der Waals surface area contributed by atoms with E-state index in [0.29, 0.717) is 22.2 Å². The molecule has 1 aliphatic rings. The molecule has 2 aromatic carbocycles. The van der Waals surface area contributed by atoms with Crippen molar-refractivity contribution in [1.29, 1.82) is 0 Å². The molecule has 0 spiro atoms. The summed E-state index contributed by atoms with van der Waals surface area (Å²) in [5.74, 6) is -0.704. The minimum absolute atomic E-state index is 0.0135. The second-order valence-electron chi connectivity index (χ2n) is 6.73. The molecule has 2 heterocycles. The van der Waals surface area contributed by atoms with E-state index in [-0.39, 0.29) is 31.1 Å². The van der Waals surface area contributed by atoms with E-state index >= 15 is 0 Å². The van der Waals surface area contributed by atoms with Crippen LogP contribution in [0.25, 0.3) is 10.9 Å². The molecule has 1 fully saturated rings. The molecule has 1 saturated heterocycles. The highest BCUT2D eigenvalue weighted by atomic mass is 79.9. The predicted octanol–water partition coefficient (Wildman–Crippen LogP) is 1.85. The van der Waals surface area contributed by atoms with E-state index in [1.165, 1.54) is 10.9 Å². The van der Waals surface area contributed by atoms with Gasteiger partial charge < -0.3 is 10.6 Å².